The molecule has 1 aliphatic carbocycles. The first kappa shape index (κ1) is 15.0. The Morgan fingerprint density at radius 3 is 2.90 bits per heavy atom. The van der Waals surface area contributed by atoms with Crippen LogP contribution in [0.3, 0.4) is 0 Å². The third kappa shape index (κ3) is 3.45. The molecule has 1 aromatic rings. The third-order valence-electron chi connectivity index (χ3n) is 3.98. The summed E-state index contributed by atoms with van der Waals surface area (Å²) in [4.78, 5) is 0.381. The van der Waals surface area contributed by atoms with E-state index in [1.807, 2.05) is 19.1 Å². The second-order valence-electron chi connectivity index (χ2n) is 5.84. The molecule has 1 saturated carbocycles. The van der Waals surface area contributed by atoms with Gasteiger partial charge in [0.15, 0.2) is 0 Å². The van der Waals surface area contributed by atoms with Crippen LogP contribution in [0.4, 0.5) is 0 Å². The summed E-state index contributed by atoms with van der Waals surface area (Å²) in [5.74, 6) is 0. The summed E-state index contributed by atoms with van der Waals surface area (Å²) in [7, 11) is -3.43. The molecule has 3 rings (SSSR count). The number of ether oxygens (including phenoxy) is 1. The number of nitrogens with zero attached hydrogens (tertiary/aromatic N) is 1. The number of benzene rings is 1. The Labute approximate surface area is 126 Å². The molecule has 1 aromatic carbocycles. The molecule has 0 aromatic heterocycles. The minimum atomic E-state index is -3.43. The van der Waals surface area contributed by atoms with Crippen molar-refractivity contribution in [3.05, 3.63) is 29.8 Å². The number of hydrogen-bond donors (Lipinski definition) is 1. The maximum atomic E-state index is 12.8. The molecule has 6 heteroatoms. The Balaban J connectivity index is 1.78. The molecule has 116 valence electrons. The van der Waals surface area contributed by atoms with Crippen LogP contribution in [-0.4, -0.2) is 44.6 Å². The van der Waals surface area contributed by atoms with Crippen LogP contribution in [0.1, 0.15) is 25.3 Å². The molecule has 0 radical (unpaired) electrons. The lowest BCUT2D eigenvalue weighted by Crippen LogP contribution is -2.46. The molecule has 1 unspecified atom stereocenters. The fourth-order valence-corrected chi connectivity index (χ4v) is 4.24. The average molecular weight is 310 g/mol. The van der Waals surface area contributed by atoms with Crippen LogP contribution in [0.15, 0.2) is 29.2 Å². The van der Waals surface area contributed by atoms with Crippen molar-refractivity contribution in [2.45, 2.75) is 43.3 Å². The zero-order valence-electron chi connectivity index (χ0n) is 12.3. The van der Waals surface area contributed by atoms with E-state index in [9.17, 15) is 8.42 Å². The molecule has 1 N–H and O–H groups in total. The molecule has 2 aliphatic rings. The van der Waals surface area contributed by atoms with Crippen molar-refractivity contribution in [3.8, 4) is 0 Å². The number of nitrogens with one attached hydrogen (secondary N) is 1. The zero-order valence-corrected chi connectivity index (χ0v) is 13.1. The van der Waals surface area contributed by atoms with E-state index < -0.39 is 10.0 Å². The van der Waals surface area contributed by atoms with Crippen molar-refractivity contribution in [1.82, 2.24) is 9.62 Å². The summed E-state index contributed by atoms with van der Waals surface area (Å²) < 4.78 is 32.4. The van der Waals surface area contributed by atoms with Crippen molar-refractivity contribution in [1.29, 1.82) is 0 Å². The first-order valence-electron chi connectivity index (χ1n) is 7.49. The molecule has 1 heterocycles. The Kier molecular flexibility index (Phi) is 4.31. The highest BCUT2D eigenvalue weighted by molar-refractivity contribution is 7.89. The van der Waals surface area contributed by atoms with E-state index in [0.29, 0.717) is 30.7 Å². The molecular formula is C15H22N2O3S. The highest BCUT2D eigenvalue weighted by Gasteiger charge is 2.31. The molecular weight excluding hydrogens is 288 g/mol. The van der Waals surface area contributed by atoms with Gasteiger partial charge in [-0.15, -0.1) is 0 Å². The van der Waals surface area contributed by atoms with Crippen LogP contribution in [0.2, 0.25) is 0 Å². The summed E-state index contributed by atoms with van der Waals surface area (Å²) in [6.45, 7) is 3.96. The van der Waals surface area contributed by atoms with E-state index in [1.165, 1.54) is 12.8 Å². The number of sulfonamides is 1. The lowest BCUT2D eigenvalue weighted by atomic mass is 10.2. The predicted molar refractivity (Wildman–Crippen MR) is 80.5 cm³/mol. The van der Waals surface area contributed by atoms with E-state index in [-0.39, 0.29) is 6.04 Å². The van der Waals surface area contributed by atoms with Crippen molar-refractivity contribution in [3.63, 3.8) is 0 Å². The largest absolute Gasteiger partial charge is 0.378 e. The van der Waals surface area contributed by atoms with Gasteiger partial charge in [0.05, 0.1) is 18.1 Å². The Hall–Kier alpha value is -0.950. The number of morpholine rings is 1. The van der Waals surface area contributed by atoms with Crippen LogP contribution in [-0.2, 0) is 21.3 Å². The van der Waals surface area contributed by atoms with Gasteiger partial charge in [0.1, 0.15) is 0 Å². The highest BCUT2D eigenvalue weighted by Crippen LogP contribution is 2.22. The third-order valence-corrected chi connectivity index (χ3v) is 5.99. The quantitative estimate of drug-likeness (QED) is 0.892. The molecule has 1 aliphatic heterocycles. The van der Waals surface area contributed by atoms with Crippen LogP contribution < -0.4 is 5.32 Å². The first-order valence-corrected chi connectivity index (χ1v) is 8.93. The van der Waals surface area contributed by atoms with Crippen molar-refractivity contribution in [2.75, 3.05) is 19.8 Å². The van der Waals surface area contributed by atoms with Gasteiger partial charge in [-0.1, -0.05) is 12.1 Å². The molecule has 2 fully saturated rings. The molecule has 1 atom stereocenters. The second kappa shape index (κ2) is 6.04. The van der Waals surface area contributed by atoms with E-state index in [4.69, 9.17) is 4.74 Å². The lowest BCUT2D eigenvalue weighted by Gasteiger charge is -2.32. The minimum Gasteiger partial charge on any atom is -0.378 e. The standard InChI is InChI=1S/C15H22N2O3S/c1-12-11-20-8-7-17(12)21(18,19)15-4-2-3-13(9-15)10-16-14-5-6-14/h2-4,9,12,14,16H,5-8,10-11H2,1H3. The van der Waals surface area contributed by atoms with Gasteiger partial charge in [-0.05, 0) is 37.5 Å². The van der Waals surface area contributed by atoms with Gasteiger partial charge < -0.3 is 10.1 Å². The first-order chi connectivity index (χ1) is 10.1. The van der Waals surface area contributed by atoms with Gasteiger partial charge >= 0.3 is 0 Å². The maximum Gasteiger partial charge on any atom is 0.243 e. The second-order valence-corrected chi connectivity index (χ2v) is 7.73. The minimum absolute atomic E-state index is 0.114. The van der Waals surface area contributed by atoms with Crippen LogP contribution in [0.5, 0.6) is 0 Å². The Bertz CT molecular complexity index is 599. The Morgan fingerprint density at radius 1 is 1.38 bits per heavy atom. The normalized spacial score (nSPS) is 24.1. The van der Waals surface area contributed by atoms with E-state index >= 15 is 0 Å². The van der Waals surface area contributed by atoms with E-state index in [1.54, 1.807) is 16.4 Å². The van der Waals surface area contributed by atoms with Crippen LogP contribution in [0.25, 0.3) is 0 Å². The summed E-state index contributed by atoms with van der Waals surface area (Å²) in [6, 6.07) is 7.76. The smallest absolute Gasteiger partial charge is 0.243 e. The molecule has 21 heavy (non-hydrogen) atoms. The Morgan fingerprint density at radius 2 is 2.19 bits per heavy atom. The summed E-state index contributed by atoms with van der Waals surface area (Å²) in [5, 5.41) is 3.41. The molecule has 0 spiro atoms. The lowest BCUT2D eigenvalue weighted by molar-refractivity contribution is 0.0393. The molecule has 5 nitrogen and oxygen atoms in total. The van der Waals surface area contributed by atoms with Crippen LogP contribution in [0, 0.1) is 0 Å². The number of hydrogen-bond acceptors (Lipinski definition) is 4. The van der Waals surface area contributed by atoms with Gasteiger partial charge in [-0.25, -0.2) is 8.42 Å². The van der Waals surface area contributed by atoms with Gasteiger partial charge in [0.2, 0.25) is 10.0 Å². The van der Waals surface area contributed by atoms with Gasteiger partial charge in [-0.3, -0.25) is 0 Å². The van der Waals surface area contributed by atoms with Crippen molar-refractivity contribution >= 4 is 10.0 Å². The topological polar surface area (TPSA) is 58.6 Å². The zero-order chi connectivity index (χ0) is 14.9. The fourth-order valence-electron chi connectivity index (χ4n) is 2.57. The molecule has 0 amide bonds. The molecule has 0 bridgehead atoms. The molecule has 1 saturated heterocycles. The SMILES string of the molecule is CC1COCCN1S(=O)(=O)c1cccc(CNC2CC2)c1. The van der Waals surface area contributed by atoms with Gasteiger partial charge in [0.25, 0.3) is 0 Å². The summed E-state index contributed by atoms with van der Waals surface area (Å²) >= 11 is 0. The summed E-state index contributed by atoms with van der Waals surface area (Å²) in [6.07, 6.45) is 2.45. The van der Waals surface area contributed by atoms with E-state index in [0.717, 1.165) is 12.1 Å². The maximum absolute atomic E-state index is 12.8. The summed E-state index contributed by atoms with van der Waals surface area (Å²) in [5.41, 5.74) is 1.02. The van der Waals surface area contributed by atoms with Crippen LogP contribution >= 0.6 is 0 Å². The highest BCUT2D eigenvalue weighted by atomic mass is 32.2. The van der Waals surface area contributed by atoms with E-state index in [2.05, 4.69) is 5.32 Å². The average Bonchev–Trinajstić information content (AvgIpc) is 3.30. The van der Waals surface area contributed by atoms with Gasteiger partial charge in [0, 0.05) is 25.2 Å². The predicted octanol–water partition coefficient (Wildman–Crippen LogP) is 1.35. The monoisotopic (exact) mass is 310 g/mol. The fraction of sp³-hybridized carbons (Fsp3) is 0.600. The van der Waals surface area contributed by atoms with Gasteiger partial charge in [-0.2, -0.15) is 4.31 Å². The van der Waals surface area contributed by atoms with Crippen molar-refractivity contribution < 1.29 is 13.2 Å². The number of rotatable bonds is 5. The van der Waals surface area contributed by atoms with Crippen molar-refractivity contribution in [2.24, 2.45) is 0 Å².